The second-order valence-corrected chi connectivity index (χ2v) is 2.75. The lowest BCUT2D eigenvalue weighted by molar-refractivity contribution is 0.0953. The first-order valence-electron chi connectivity index (χ1n) is 3.59. The van der Waals surface area contributed by atoms with Gasteiger partial charge in [0.05, 0.1) is 0 Å². The van der Waals surface area contributed by atoms with Crippen molar-refractivity contribution in [3.8, 4) is 0 Å². The van der Waals surface area contributed by atoms with Gasteiger partial charge in [0.1, 0.15) is 5.82 Å². The number of hydrogen-bond donors (Lipinski definition) is 3. The van der Waals surface area contributed by atoms with E-state index in [9.17, 15) is 9.18 Å². The monoisotopic (exact) mass is 200 g/mol. The zero-order valence-corrected chi connectivity index (χ0v) is 7.64. The zero-order chi connectivity index (χ0) is 9.84. The van der Waals surface area contributed by atoms with E-state index < -0.39 is 5.91 Å². The summed E-state index contributed by atoms with van der Waals surface area (Å²) in [6.45, 7) is 0. The molecule has 1 rings (SSSR count). The molecular formula is C8H9FN2OS. The molecule has 13 heavy (non-hydrogen) atoms. The van der Waals surface area contributed by atoms with Crippen LogP contribution in [0.5, 0.6) is 0 Å². The number of rotatable bonds is 2. The van der Waals surface area contributed by atoms with Crippen molar-refractivity contribution in [1.82, 2.24) is 5.43 Å². The van der Waals surface area contributed by atoms with Crippen LogP contribution in [0.4, 0.5) is 4.39 Å². The number of hydrazine groups is 1. The highest BCUT2D eigenvalue weighted by atomic mass is 32.1. The molecule has 0 atom stereocenters. The summed E-state index contributed by atoms with van der Waals surface area (Å²) in [4.78, 5) is 11.0. The van der Waals surface area contributed by atoms with E-state index >= 15 is 0 Å². The highest BCUT2D eigenvalue weighted by Gasteiger charge is 2.06. The van der Waals surface area contributed by atoms with Gasteiger partial charge in [-0.05, 0) is 23.8 Å². The van der Waals surface area contributed by atoms with Crippen molar-refractivity contribution in [2.24, 2.45) is 5.84 Å². The van der Waals surface area contributed by atoms with Gasteiger partial charge in [0.2, 0.25) is 0 Å². The molecule has 3 nitrogen and oxygen atoms in total. The molecule has 1 aromatic carbocycles. The number of halogens is 1. The predicted molar refractivity (Wildman–Crippen MR) is 50.7 cm³/mol. The Morgan fingerprint density at radius 2 is 2.31 bits per heavy atom. The van der Waals surface area contributed by atoms with Crippen molar-refractivity contribution in [1.29, 1.82) is 0 Å². The normalized spacial score (nSPS) is 9.77. The maximum Gasteiger partial charge on any atom is 0.265 e. The van der Waals surface area contributed by atoms with Crippen molar-refractivity contribution in [3.05, 3.63) is 35.1 Å². The number of thiol groups is 1. The number of hydrogen-bond acceptors (Lipinski definition) is 3. The molecule has 0 aliphatic carbocycles. The molecule has 5 heteroatoms. The smallest absolute Gasteiger partial charge is 0.265 e. The second-order valence-electron chi connectivity index (χ2n) is 2.44. The molecule has 70 valence electrons. The number of nitrogen functional groups attached to an aromatic ring is 1. The molecule has 0 aliphatic rings. The Labute approximate surface area is 80.5 Å². The van der Waals surface area contributed by atoms with Crippen LogP contribution in [-0.4, -0.2) is 5.91 Å². The SMILES string of the molecule is NNC(=O)c1ccc(F)c(CS)c1. The van der Waals surface area contributed by atoms with Gasteiger partial charge >= 0.3 is 0 Å². The van der Waals surface area contributed by atoms with E-state index in [1.165, 1.54) is 18.2 Å². The molecule has 0 saturated carbocycles. The summed E-state index contributed by atoms with van der Waals surface area (Å²) in [7, 11) is 0. The molecule has 0 aliphatic heterocycles. The summed E-state index contributed by atoms with van der Waals surface area (Å²) in [5.41, 5.74) is 2.67. The fourth-order valence-electron chi connectivity index (χ4n) is 0.920. The molecule has 0 saturated heterocycles. The fraction of sp³-hybridized carbons (Fsp3) is 0.125. The maximum atomic E-state index is 12.9. The third kappa shape index (κ3) is 2.19. The van der Waals surface area contributed by atoms with Gasteiger partial charge in [0.15, 0.2) is 0 Å². The van der Waals surface area contributed by atoms with E-state index in [2.05, 4.69) is 12.6 Å². The summed E-state index contributed by atoms with van der Waals surface area (Å²) >= 11 is 3.92. The van der Waals surface area contributed by atoms with Gasteiger partial charge in [-0.2, -0.15) is 12.6 Å². The van der Waals surface area contributed by atoms with Crippen molar-refractivity contribution in [2.75, 3.05) is 0 Å². The summed E-state index contributed by atoms with van der Waals surface area (Å²) < 4.78 is 12.9. The van der Waals surface area contributed by atoms with Gasteiger partial charge in [-0.15, -0.1) is 0 Å². The Morgan fingerprint density at radius 3 is 2.85 bits per heavy atom. The topological polar surface area (TPSA) is 55.1 Å². The van der Waals surface area contributed by atoms with E-state index in [4.69, 9.17) is 5.84 Å². The number of amides is 1. The zero-order valence-electron chi connectivity index (χ0n) is 6.75. The minimum atomic E-state index is -0.442. The van der Waals surface area contributed by atoms with Crippen molar-refractivity contribution >= 4 is 18.5 Å². The molecule has 1 amide bonds. The molecule has 0 unspecified atom stereocenters. The minimum Gasteiger partial charge on any atom is -0.290 e. The van der Waals surface area contributed by atoms with Crippen LogP contribution in [0.25, 0.3) is 0 Å². The van der Waals surface area contributed by atoms with E-state index in [-0.39, 0.29) is 11.6 Å². The Morgan fingerprint density at radius 1 is 1.62 bits per heavy atom. The van der Waals surface area contributed by atoms with E-state index in [0.29, 0.717) is 11.1 Å². The lowest BCUT2D eigenvalue weighted by Crippen LogP contribution is -2.30. The molecular weight excluding hydrogens is 191 g/mol. The van der Waals surface area contributed by atoms with Crippen LogP contribution in [0.1, 0.15) is 15.9 Å². The summed E-state index contributed by atoms with van der Waals surface area (Å²) in [5.74, 6) is 4.36. The number of benzene rings is 1. The highest BCUT2D eigenvalue weighted by Crippen LogP contribution is 2.12. The predicted octanol–water partition coefficient (Wildman–Crippen LogP) is 0.859. The summed E-state index contributed by atoms with van der Waals surface area (Å²) in [5, 5.41) is 0. The Hall–Kier alpha value is -1.07. The molecule has 0 radical (unpaired) electrons. The van der Waals surface area contributed by atoms with Gasteiger partial charge in [-0.25, -0.2) is 10.2 Å². The number of carbonyl (C=O) groups is 1. The second kappa shape index (κ2) is 4.25. The first-order chi connectivity index (χ1) is 6.19. The number of carbonyl (C=O) groups excluding carboxylic acids is 1. The van der Waals surface area contributed by atoms with Gasteiger partial charge < -0.3 is 0 Å². The maximum absolute atomic E-state index is 12.9. The van der Waals surface area contributed by atoms with Gasteiger partial charge in [-0.1, -0.05) is 0 Å². The van der Waals surface area contributed by atoms with E-state index in [1.54, 1.807) is 0 Å². The van der Waals surface area contributed by atoms with Crippen molar-refractivity contribution in [3.63, 3.8) is 0 Å². The third-order valence-electron chi connectivity index (χ3n) is 1.61. The molecule has 0 heterocycles. The molecule has 0 aromatic heterocycles. The molecule has 1 aromatic rings. The molecule has 3 N–H and O–H groups in total. The molecule has 0 bridgehead atoms. The van der Waals surface area contributed by atoms with Crippen molar-refractivity contribution in [2.45, 2.75) is 5.75 Å². The summed E-state index contributed by atoms with van der Waals surface area (Å²) in [6.07, 6.45) is 0. The van der Waals surface area contributed by atoms with Crippen LogP contribution in [0, 0.1) is 5.82 Å². The highest BCUT2D eigenvalue weighted by molar-refractivity contribution is 7.79. The van der Waals surface area contributed by atoms with Gasteiger partial charge in [-0.3, -0.25) is 10.2 Å². The third-order valence-corrected chi connectivity index (χ3v) is 1.95. The average Bonchev–Trinajstić information content (AvgIpc) is 2.17. The number of nitrogens with one attached hydrogen (secondary N) is 1. The van der Waals surface area contributed by atoms with E-state index in [0.717, 1.165) is 0 Å². The Kier molecular flexibility index (Phi) is 3.27. The van der Waals surface area contributed by atoms with Crippen LogP contribution in [0.2, 0.25) is 0 Å². The first-order valence-corrected chi connectivity index (χ1v) is 4.22. The Balaban J connectivity index is 3.06. The van der Waals surface area contributed by atoms with E-state index in [1.807, 2.05) is 5.43 Å². The minimum absolute atomic E-state index is 0.248. The Bertz CT molecular complexity index is 330. The van der Waals surface area contributed by atoms with Crippen LogP contribution < -0.4 is 11.3 Å². The average molecular weight is 200 g/mol. The largest absolute Gasteiger partial charge is 0.290 e. The fourth-order valence-corrected chi connectivity index (χ4v) is 1.16. The van der Waals surface area contributed by atoms with Crippen LogP contribution in [-0.2, 0) is 5.75 Å². The van der Waals surface area contributed by atoms with Crippen LogP contribution in [0.15, 0.2) is 18.2 Å². The van der Waals surface area contributed by atoms with Gasteiger partial charge in [0, 0.05) is 11.3 Å². The lowest BCUT2D eigenvalue weighted by atomic mass is 10.1. The van der Waals surface area contributed by atoms with Gasteiger partial charge in [0.25, 0.3) is 5.91 Å². The quantitative estimate of drug-likeness (QED) is 0.287. The number of nitrogens with two attached hydrogens (primary N) is 1. The molecule has 0 fully saturated rings. The molecule has 0 spiro atoms. The van der Waals surface area contributed by atoms with Crippen LogP contribution in [0.3, 0.4) is 0 Å². The van der Waals surface area contributed by atoms with Crippen molar-refractivity contribution < 1.29 is 9.18 Å². The summed E-state index contributed by atoms with van der Waals surface area (Å²) in [6, 6.07) is 4.01. The van der Waals surface area contributed by atoms with Crippen LogP contribution >= 0.6 is 12.6 Å². The standard InChI is InChI=1S/C8H9FN2OS/c9-7-2-1-5(8(12)11-10)3-6(7)4-13/h1-3,13H,4,10H2,(H,11,12). The first kappa shape index (κ1) is 10.0. The lowest BCUT2D eigenvalue weighted by Gasteiger charge is -2.02.